The lowest BCUT2D eigenvalue weighted by atomic mass is 10.1. The van der Waals surface area contributed by atoms with Crippen LogP contribution in [0.1, 0.15) is 36.6 Å². The SMILES string of the molecule is CC(C)c1cc(Oc2ccccc2)nc(SCc2ccc(C(F)(F)F)cc2)n1. The molecule has 0 atom stereocenters. The van der Waals surface area contributed by atoms with E-state index in [0.717, 1.165) is 23.4 Å². The zero-order valence-electron chi connectivity index (χ0n) is 15.4. The van der Waals surface area contributed by atoms with Gasteiger partial charge in [0.1, 0.15) is 5.75 Å². The molecule has 146 valence electrons. The molecule has 3 nitrogen and oxygen atoms in total. The van der Waals surface area contributed by atoms with Crippen molar-refractivity contribution in [2.45, 2.75) is 36.9 Å². The number of rotatable bonds is 6. The van der Waals surface area contributed by atoms with Gasteiger partial charge in [0.25, 0.3) is 0 Å². The third-order valence-corrected chi connectivity index (χ3v) is 4.83. The Kier molecular flexibility index (Phi) is 6.24. The number of aromatic nitrogens is 2. The first-order chi connectivity index (χ1) is 13.3. The van der Waals surface area contributed by atoms with Crippen molar-refractivity contribution in [2.75, 3.05) is 0 Å². The van der Waals surface area contributed by atoms with Crippen LogP contribution in [-0.4, -0.2) is 9.97 Å². The fourth-order valence-electron chi connectivity index (χ4n) is 2.38. The molecule has 1 heterocycles. The number of hydrogen-bond acceptors (Lipinski definition) is 4. The number of hydrogen-bond donors (Lipinski definition) is 0. The van der Waals surface area contributed by atoms with Crippen molar-refractivity contribution in [3.8, 4) is 11.6 Å². The average molecular weight is 404 g/mol. The third-order valence-electron chi connectivity index (χ3n) is 3.91. The molecular weight excluding hydrogens is 385 g/mol. The molecular formula is C21H19F3N2OS. The van der Waals surface area contributed by atoms with Gasteiger partial charge in [-0.1, -0.05) is 55.9 Å². The Bertz CT molecular complexity index is 913. The van der Waals surface area contributed by atoms with Crippen molar-refractivity contribution in [3.63, 3.8) is 0 Å². The molecule has 1 aromatic heterocycles. The highest BCUT2D eigenvalue weighted by atomic mass is 32.2. The molecule has 2 aromatic carbocycles. The van der Waals surface area contributed by atoms with E-state index in [9.17, 15) is 13.2 Å². The third kappa shape index (κ3) is 5.48. The van der Waals surface area contributed by atoms with Crippen LogP contribution in [0.4, 0.5) is 13.2 Å². The van der Waals surface area contributed by atoms with E-state index in [2.05, 4.69) is 9.97 Å². The number of halogens is 3. The van der Waals surface area contributed by atoms with E-state index in [1.165, 1.54) is 23.9 Å². The first-order valence-corrected chi connectivity index (χ1v) is 9.70. The number of thioether (sulfide) groups is 1. The summed E-state index contributed by atoms with van der Waals surface area (Å²) in [5, 5.41) is 0.525. The average Bonchev–Trinajstić information content (AvgIpc) is 2.66. The summed E-state index contributed by atoms with van der Waals surface area (Å²) in [5.74, 6) is 1.77. The van der Waals surface area contributed by atoms with Gasteiger partial charge in [-0.05, 0) is 35.7 Å². The number of ether oxygens (including phenoxy) is 1. The van der Waals surface area contributed by atoms with Crippen LogP contribution in [0.2, 0.25) is 0 Å². The summed E-state index contributed by atoms with van der Waals surface area (Å²) >= 11 is 1.36. The fourth-order valence-corrected chi connectivity index (χ4v) is 3.19. The lowest BCUT2D eigenvalue weighted by molar-refractivity contribution is -0.137. The van der Waals surface area contributed by atoms with Crippen LogP contribution in [0.3, 0.4) is 0 Å². The van der Waals surface area contributed by atoms with Gasteiger partial charge in [-0.2, -0.15) is 18.2 Å². The minimum absolute atomic E-state index is 0.187. The first-order valence-electron chi connectivity index (χ1n) is 8.72. The highest BCUT2D eigenvalue weighted by Crippen LogP contribution is 2.31. The van der Waals surface area contributed by atoms with Gasteiger partial charge in [-0.3, -0.25) is 0 Å². The second kappa shape index (κ2) is 8.65. The van der Waals surface area contributed by atoms with E-state index in [4.69, 9.17) is 4.74 Å². The van der Waals surface area contributed by atoms with Gasteiger partial charge >= 0.3 is 6.18 Å². The molecule has 28 heavy (non-hydrogen) atoms. The number of benzene rings is 2. The van der Waals surface area contributed by atoms with Gasteiger partial charge in [0.15, 0.2) is 5.16 Å². The Hall–Kier alpha value is -2.54. The largest absolute Gasteiger partial charge is 0.439 e. The molecule has 3 rings (SSSR count). The summed E-state index contributed by atoms with van der Waals surface area (Å²) in [7, 11) is 0. The Labute approximate surface area is 166 Å². The molecule has 0 amide bonds. The van der Waals surface area contributed by atoms with Crippen molar-refractivity contribution in [1.29, 1.82) is 0 Å². The molecule has 0 aliphatic carbocycles. The maximum absolute atomic E-state index is 12.7. The predicted octanol–water partition coefficient (Wildman–Crippen LogP) is 6.70. The number of alkyl halides is 3. The van der Waals surface area contributed by atoms with Gasteiger partial charge in [0, 0.05) is 11.8 Å². The van der Waals surface area contributed by atoms with E-state index in [-0.39, 0.29) is 5.92 Å². The van der Waals surface area contributed by atoms with Crippen LogP contribution in [0, 0.1) is 0 Å². The molecule has 0 saturated carbocycles. The van der Waals surface area contributed by atoms with Gasteiger partial charge in [-0.15, -0.1) is 0 Å². The van der Waals surface area contributed by atoms with Crippen molar-refractivity contribution in [3.05, 3.63) is 77.5 Å². The molecule has 0 fully saturated rings. The first kappa shape index (κ1) is 20.2. The zero-order valence-corrected chi connectivity index (χ0v) is 16.2. The van der Waals surface area contributed by atoms with Crippen molar-refractivity contribution < 1.29 is 17.9 Å². The molecule has 0 radical (unpaired) electrons. The fraction of sp³-hybridized carbons (Fsp3) is 0.238. The summed E-state index contributed by atoms with van der Waals surface area (Å²) in [6, 6.07) is 16.3. The zero-order chi connectivity index (χ0) is 20.1. The lowest BCUT2D eigenvalue weighted by Crippen LogP contribution is -2.04. The maximum Gasteiger partial charge on any atom is 0.416 e. The number of nitrogens with zero attached hydrogens (tertiary/aromatic N) is 2. The van der Waals surface area contributed by atoms with Gasteiger partial charge < -0.3 is 4.74 Å². The quantitative estimate of drug-likeness (QED) is 0.338. The summed E-state index contributed by atoms with van der Waals surface area (Å²) < 4.78 is 43.8. The van der Waals surface area contributed by atoms with Crippen LogP contribution in [0.25, 0.3) is 0 Å². The van der Waals surface area contributed by atoms with Crippen molar-refractivity contribution >= 4 is 11.8 Å². The van der Waals surface area contributed by atoms with Gasteiger partial charge in [0.2, 0.25) is 5.88 Å². The van der Waals surface area contributed by atoms with Crippen molar-refractivity contribution in [1.82, 2.24) is 9.97 Å². The van der Waals surface area contributed by atoms with E-state index < -0.39 is 11.7 Å². The van der Waals surface area contributed by atoms with Crippen LogP contribution in [0.5, 0.6) is 11.6 Å². The number of para-hydroxylation sites is 1. The second-order valence-corrected chi connectivity index (χ2v) is 7.41. The van der Waals surface area contributed by atoms with Gasteiger partial charge in [0.05, 0.1) is 11.3 Å². The summed E-state index contributed by atoms with van der Waals surface area (Å²) in [5.41, 5.74) is 0.954. The smallest absolute Gasteiger partial charge is 0.416 e. The normalized spacial score (nSPS) is 11.6. The second-order valence-electron chi connectivity index (χ2n) is 6.47. The molecule has 3 aromatic rings. The minimum atomic E-state index is -4.33. The highest BCUT2D eigenvalue weighted by molar-refractivity contribution is 7.98. The summed E-state index contributed by atoms with van der Waals surface area (Å²) in [6.45, 7) is 4.05. The Balaban J connectivity index is 1.75. The Morgan fingerprint density at radius 2 is 1.64 bits per heavy atom. The molecule has 0 N–H and O–H groups in total. The molecule has 0 aliphatic heterocycles. The Morgan fingerprint density at radius 1 is 0.964 bits per heavy atom. The van der Waals surface area contributed by atoms with E-state index >= 15 is 0 Å². The van der Waals surface area contributed by atoms with Crippen LogP contribution in [0.15, 0.2) is 65.8 Å². The van der Waals surface area contributed by atoms with Crippen LogP contribution >= 0.6 is 11.8 Å². The minimum Gasteiger partial charge on any atom is -0.439 e. The van der Waals surface area contributed by atoms with E-state index in [1.807, 2.05) is 44.2 Å². The van der Waals surface area contributed by atoms with Crippen molar-refractivity contribution in [2.24, 2.45) is 0 Å². The van der Waals surface area contributed by atoms with E-state index in [0.29, 0.717) is 22.5 Å². The lowest BCUT2D eigenvalue weighted by Gasteiger charge is -2.11. The highest BCUT2D eigenvalue weighted by Gasteiger charge is 2.29. The van der Waals surface area contributed by atoms with E-state index in [1.54, 1.807) is 6.07 Å². The summed E-state index contributed by atoms with van der Waals surface area (Å²) in [6.07, 6.45) is -4.33. The monoisotopic (exact) mass is 404 g/mol. The maximum atomic E-state index is 12.7. The topological polar surface area (TPSA) is 35.0 Å². The molecule has 7 heteroatoms. The molecule has 0 aliphatic rings. The standard InChI is InChI=1S/C21H19F3N2OS/c1-14(2)18-12-19(27-17-6-4-3-5-7-17)26-20(25-18)28-13-15-8-10-16(11-9-15)21(22,23)24/h3-12,14H,13H2,1-2H3. The molecule has 0 spiro atoms. The van der Waals surface area contributed by atoms with Crippen LogP contribution < -0.4 is 4.74 Å². The predicted molar refractivity (Wildman–Crippen MR) is 104 cm³/mol. The van der Waals surface area contributed by atoms with Crippen LogP contribution in [-0.2, 0) is 11.9 Å². The molecule has 0 saturated heterocycles. The van der Waals surface area contributed by atoms with Gasteiger partial charge in [-0.25, -0.2) is 4.98 Å². The molecule has 0 unspecified atom stereocenters. The Morgan fingerprint density at radius 3 is 2.25 bits per heavy atom. The summed E-state index contributed by atoms with van der Waals surface area (Å²) in [4.78, 5) is 8.97. The molecule has 0 bridgehead atoms.